The van der Waals surface area contributed by atoms with Crippen molar-refractivity contribution in [1.82, 2.24) is 4.90 Å². The number of aliphatic hydroxyl groups is 1. The van der Waals surface area contributed by atoms with Crippen molar-refractivity contribution in [1.29, 1.82) is 0 Å². The lowest BCUT2D eigenvalue weighted by atomic mass is 9.94. The van der Waals surface area contributed by atoms with Crippen molar-refractivity contribution in [3.05, 3.63) is 94.6 Å². The van der Waals surface area contributed by atoms with Crippen LogP contribution in [0.2, 0.25) is 0 Å². The van der Waals surface area contributed by atoms with E-state index in [1.54, 1.807) is 57.7 Å². The number of carbonyl (C=O) groups is 2. The third kappa shape index (κ3) is 4.77. The molecular weight excluding hydrogens is 458 g/mol. The van der Waals surface area contributed by atoms with Gasteiger partial charge in [0.2, 0.25) is 0 Å². The van der Waals surface area contributed by atoms with E-state index in [1.807, 2.05) is 37.3 Å². The fraction of sp³-hybridized carbons (Fsp3) is 0.241. The quantitative estimate of drug-likeness (QED) is 0.282. The van der Waals surface area contributed by atoms with Crippen molar-refractivity contribution in [2.75, 3.05) is 27.9 Å². The highest BCUT2D eigenvalue weighted by atomic mass is 16.5. The van der Waals surface area contributed by atoms with Gasteiger partial charge in [-0.15, -0.1) is 0 Å². The van der Waals surface area contributed by atoms with E-state index in [0.29, 0.717) is 29.0 Å². The first-order valence-corrected chi connectivity index (χ1v) is 11.6. The second kappa shape index (κ2) is 10.6. The predicted molar refractivity (Wildman–Crippen MR) is 136 cm³/mol. The maximum Gasteiger partial charge on any atom is 0.295 e. The zero-order valence-corrected chi connectivity index (χ0v) is 20.8. The van der Waals surface area contributed by atoms with E-state index in [1.165, 1.54) is 4.90 Å². The van der Waals surface area contributed by atoms with Gasteiger partial charge in [0.05, 0.1) is 32.9 Å². The number of aryl methyl sites for hydroxylation is 1. The van der Waals surface area contributed by atoms with Crippen LogP contribution < -0.4 is 14.2 Å². The van der Waals surface area contributed by atoms with Gasteiger partial charge in [0.15, 0.2) is 0 Å². The number of methoxy groups -OCH3 is 3. The number of carbonyl (C=O) groups excluding carboxylic acids is 2. The number of Topliss-reactive ketones (excluding diaryl/α,β-unsaturated/α-hetero) is 1. The first-order chi connectivity index (χ1) is 17.4. The number of ketones is 1. The summed E-state index contributed by atoms with van der Waals surface area (Å²) in [5, 5.41) is 11.3. The monoisotopic (exact) mass is 487 g/mol. The Morgan fingerprint density at radius 2 is 1.61 bits per heavy atom. The molecular formula is C29H29NO6. The zero-order chi connectivity index (χ0) is 25.8. The van der Waals surface area contributed by atoms with Crippen LogP contribution in [-0.4, -0.2) is 49.6 Å². The summed E-state index contributed by atoms with van der Waals surface area (Å²) in [5.74, 6) is 0.403. The van der Waals surface area contributed by atoms with Crippen molar-refractivity contribution in [2.24, 2.45) is 0 Å². The van der Waals surface area contributed by atoms with E-state index in [2.05, 4.69) is 0 Å². The molecule has 0 spiro atoms. The molecule has 0 saturated carbocycles. The minimum atomic E-state index is -0.763. The summed E-state index contributed by atoms with van der Waals surface area (Å²) in [7, 11) is 4.73. The lowest BCUT2D eigenvalue weighted by Crippen LogP contribution is -2.31. The molecule has 1 N–H and O–H groups in total. The molecule has 186 valence electrons. The van der Waals surface area contributed by atoms with Gasteiger partial charge >= 0.3 is 0 Å². The minimum absolute atomic E-state index is 0.0487. The molecule has 1 fully saturated rings. The van der Waals surface area contributed by atoms with Crippen LogP contribution >= 0.6 is 0 Å². The van der Waals surface area contributed by atoms with Gasteiger partial charge in [-0.05, 0) is 72.5 Å². The smallest absolute Gasteiger partial charge is 0.295 e. The Bertz CT molecular complexity index is 1310. The predicted octanol–water partition coefficient (Wildman–Crippen LogP) is 4.69. The molecule has 1 amide bonds. The van der Waals surface area contributed by atoms with Gasteiger partial charge in [-0.1, -0.05) is 24.3 Å². The molecule has 7 nitrogen and oxygen atoms in total. The Morgan fingerprint density at radius 3 is 2.25 bits per heavy atom. The molecule has 0 radical (unpaired) electrons. The number of likely N-dealkylation sites (tertiary alicyclic amines) is 1. The van der Waals surface area contributed by atoms with E-state index < -0.39 is 17.7 Å². The van der Waals surface area contributed by atoms with Gasteiger partial charge in [0.1, 0.15) is 23.0 Å². The highest BCUT2D eigenvalue weighted by Gasteiger charge is 2.46. The topological polar surface area (TPSA) is 85.3 Å². The van der Waals surface area contributed by atoms with Crippen molar-refractivity contribution in [3.8, 4) is 17.2 Å². The van der Waals surface area contributed by atoms with Gasteiger partial charge in [-0.3, -0.25) is 9.59 Å². The summed E-state index contributed by atoms with van der Waals surface area (Å²) < 4.78 is 15.9. The van der Waals surface area contributed by atoms with Gasteiger partial charge in [0, 0.05) is 12.1 Å². The molecule has 4 rings (SSSR count). The average molecular weight is 488 g/mol. The normalized spacial score (nSPS) is 16.8. The van der Waals surface area contributed by atoms with E-state index in [-0.39, 0.29) is 17.9 Å². The summed E-state index contributed by atoms with van der Waals surface area (Å²) in [4.78, 5) is 28.0. The maximum absolute atomic E-state index is 13.3. The van der Waals surface area contributed by atoms with Crippen LogP contribution in [0.5, 0.6) is 17.2 Å². The molecule has 1 unspecified atom stereocenters. The zero-order valence-electron chi connectivity index (χ0n) is 20.8. The molecule has 1 aliphatic heterocycles. The molecule has 1 atom stereocenters. The van der Waals surface area contributed by atoms with E-state index in [0.717, 1.165) is 16.9 Å². The molecule has 0 aromatic heterocycles. The van der Waals surface area contributed by atoms with Crippen molar-refractivity contribution < 1.29 is 28.9 Å². The average Bonchev–Trinajstić information content (AvgIpc) is 3.16. The SMILES string of the molecule is COc1ccc(CCN2C(=O)C(=O)/C(=C(\O)c3ccc(OC)c(C)c3)C2c2cccc(OC)c2)cc1. The molecule has 3 aromatic carbocycles. The number of hydrogen-bond acceptors (Lipinski definition) is 6. The van der Waals surface area contributed by atoms with E-state index in [4.69, 9.17) is 14.2 Å². The van der Waals surface area contributed by atoms with Crippen molar-refractivity contribution in [3.63, 3.8) is 0 Å². The Morgan fingerprint density at radius 1 is 0.889 bits per heavy atom. The third-order valence-electron chi connectivity index (χ3n) is 6.42. The molecule has 7 heteroatoms. The van der Waals surface area contributed by atoms with Gasteiger partial charge in [-0.2, -0.15) is 0 Å². The lowest BCUT2D eigenvalue weighted by molar-refractivity contribution is -0.139. The second-order valence-electron chi connectivity index (χ2n) is 8.55. The van der Waals surface area contributed by atoms with Crippen LogP contribution in [0.1, 0.15) is 28.3 Å². The summed E-state index contributed by atoms with van der Waals surface area (Å²) >= 11 is 0. The second-order valence-corrected chi connectivity index (χ2v) is 8.55. The van der Waals surface area contributed by atoms with Crippen LogP contribution in [0.4, 0.5) is 0 Å². The molecule has 1 heterocycles. The summed E-state index contributed by atoms with van der Waals surface area (Å²) in [6, 6.07) is 19.1. The van der Waals surface area contributed by atoms with Crippen LogP contribution in [-0.2, 0) is 16.0 Å². The fourth-order valence-corrected chi connectivity index (χ4v) is 4.49. The Kier molecular flexibility index (Phi) is 7.29. The number of amides is 1. The van der Waals surface area contributed by atoms with E-state index in [9.17, 15) is 14.7 Å². The van der Waals surface area contributed by atoms with Gasteiger partial charge in [0.25, 0.3) is 11.7 Å². The number of aliphatic hydroxyl groups excluding tert-OH is 1. The highest BCUT2D eigenvalue weighted by Crippen LogP contribution is 2.40. The standard InChI is InChI=1S/C29H29NO6/c1-18-16-21(10-13-24(18)36-4)27(31)25-26(20-6-5-7-23(17-20)35-3)30(29(33)28(25)32)15-14-19-8-11-22(34-2)12-9-19/h5-13,16-17,26,31H,14-15H2,1-4H3/b27-25-. The number of benzene rings is 3. The maximum atomic E-state index is 13.3. The van der Waals surface area contributed by atoms with Crippen LogP contribution in [0.3, 0.4) is 0 Å². The Balaban J connectivity index is 1.77. The molecule has 3 aromatic rings. The number of rotatable bonds is 8. The molecule has 0 aliphatic carbocycles. The largest absolute Gasteiger partial charge is 0.507 e. The van der Waals surface area contributed by atoms with Gasteiger partial charge < -0.3 is 24.2 Å². The minimum Gasteiger partial charge on any atom is -0.507 e. The number of ether oxygens (including phenoxy) is 3. The first-order valence-electron chi connectivity index (χ1n) is 11.6. The van der Waals surface area contributed by atoms with Crippen molar-refractivity contribution >= 4 is 17.4 Å². The van der Waals surface area contributed by atoms with Crippen LogP contribution in [0.15, 0.2) is 72.3 Å². The third-order valence-corrected chi connectivity index (χ3v) is 6.42. The Hall–Kier alpha value is -4.26. The molecule has 1 saturated heterocycles. The molecule has 1 aliphatic rings. The van der Waals surface area contributed by atoms with Crippen LogP contribution in [0.25, 0.3) is 5.76 Å². The number of hydrogen-bond donors (Lipinski definition) is 1. The lowest BCUT2D eigenvalue weighted by Gasteiger charge is -2.25. The number of nitrogens with zero attached hydrogens (tertiary/aromatic N) is 1. The Labute approximate surface area is 210 Å². The molecule has 0 bridgehead atoms. The summed E-state index contributed by atoms with van der Waals surface area (Å²) in [5.41, 5.74) is 2.96. The van der Waals surface area contributed by atoms with E-state index >= 15 is 0 Å². The van der Waals surface area contributed by atoms with Gasteiger partial charge in [-0.25, -0.2) is 0 Å². The fourth-order valence-electron chi connectivity index (χ4n) is 4.49. The van der Waals surface area contributed by atoms with Crippen LogP contribution in [0, 0.1) is 6.92 Å². The molecule has 36 heavy (non-hydrogen) atoms. The summed E-state index contributed by atoms with van der Waals surface area (Å²) in [6.07, 6.45) is 0.527. The first kappa shape index (κ1) is 24.9. The summed E-state index contributed by atoms with van der Waals surface area (Å²) in [6.45, 7) is 2.14. The highest BCUT2D eigenvalue weighted by molar-refractivity contribution is 6.46. The van der Waals surface area contributed by atoms with Crippen molar-refractivity contribution in [2.45, 2.75) is 19.4 Å².